The van der Waals surface area contributed by atoms with E-state index in [1.165, 1.54) is 6.08 Å². The van der Waals surface area contributed by atoms with Gasteiger partial charge < -0.3 is 15.7 Å². The molecular formula is C13H17N3O3. The number of nitrogens with zero attached hydrogens (tertiary/aromatic N) is 1. The van der Waals surface area contributed by atoms with Crippen LogP contribution in [-0.2, 0) is 11.2 Å². The van der Waals surface area contributed by atoms with Gasteiger partial charge in [-0.2, -0.15) is 0 Å². The molecule has 0 saturated carbocycles. The number of carboxylic acids is 1. The van der Waals surface area contributed by atoms with E-state index in [0.717, 1.165) is 5.56 Å². The molecule has 1 rings (SSSR count). The fourth-order valence-corrected chi connectivity index (χ4v) is 1.46. The zero-order valence-corrected chi connectivity index (χ0v) is 10.5. The molecule has 0 aliphatic rings. The molecule has 1 aromatic rings. The van der Waals surface area contributed by atoms with Gasteiger partial charge in [-0.15, -0.1) is 6.58 Å². The van der Waals surface area contributed by atoms with Crippen molar-refractivity contribution >= 4 is 12.0 Å². The van der Waals surface area contributed by atoms with Crippen molar-refractivity contribution in [3.63, 3.8) is 0 Å². The van der Waals surface area contributed by atoms with Crippen molar-refractivity contribution in [2.45, 2.75) is 18.9 Å². The lowest BCUT2D eigenvalue weighted by molar-refractivity contribution is -0.139. The first-order chi connectivity index (χ1) is 9.13. The molecule has 1 unspecified atom stereocenters. The molecule has 2 amide bonds. The maximum atomic E-state index is 11.5. The number of carbonyl (C=O) groups is 2. The van der Waals surface area contributed by atoms with Crippen LogP contribution in [-0.4, -0.2) is 34.7 Å². The van der Waals surface area contributed by atoms with Crippen molar-refractivity contribution in [1.29, 1.82) is 0 Å². The monoisotopic (exact) mass is 263 g/mol. The van der Waals surface area contributed by atoms with Crippen LogP contribution in [0, 0.1) is 0 Å². The SMILES string of the molecule is C=CCC(NC(=O)NCCc1cccnc1)C(=O)O. The smallest absolute Gasteiger partial charge is 0.326 e. The number of hydrogen-bond donors (Lipinski definition) is 3. The normalized spacial score (nSPS) is 11.4. The van der Waals surface area contributed by atoms with E-state index in [1.807, 2.05) is 12.1 Å². The average molecular weight is 263 g/mol. The van der Waals surface area contributed by atoms with Gasteiger partial charge in [0, 0.05) is 18.9 Å². The number of amides is 2. The van der Waals surface area contributed by atoms with Crippen LogP contribution < -0.4 is 10.6 Å². The molecule has 3 N–H and O–H groups in total. The summed E-state index contributed by atoms with van der Waals surface area (Å²) in [6.45, 7) is 3.86. The lowest BCUT2D eigenvalue weighted by atomic mass is 10.2. The number of nitrogens with one attached hydrogen (secondary N) is 2. The van der Waals surface area contributed by atoms with Crippen molar-refractivity contribution in [2.75, 3.05) is 6.54 Å². The summed E-state index contributed by atoms with van der Waals surface area (Å²) in [5.41, 5.74) is 1.00. The summed E-state index contributed by atoms with van der Waals surface area (Å²) >= 11 is 0. The Bertz CT molecular complexity index is 434. The van der Waals surface area contributed by atoms with E-state index >= 15 is 0 Å². The van der Waals surface area contributed by atoms with Crippen LogP contribution in [0.4, 0.5) is 4.79 Å². The minimum Gasteiger partial charge on any atom is -0.480 e. The van der Waals surface area contributed by atoms with Gasteiger partial charge in [0.1, 0.15) is 6.04 Å². The highest BCUT2D eigenvalue weighted by atomic mass is 16.4. The van der Waals surface area contributed by atoms with Crippen LogP contribution in [0.5, 0.6) is 0 Å². The molecule has 0 bridgehead atoms. The Morgan fingerprint density at radius 1 is 1.53 bits per heavy atom. The standard InChI is InChI=1S/C13H17N3O3/c1-2-4-11(12(17)18)16-13(19)15-8-6-10-5-3-7-14-9-10/h2-3,5,7,9,11H,1,4,6,8H2,(H,17,18)(H2,15,16,19). The third-order valence-electron chi connectivity index (χ3n) is 2.43. The highest BCUT2D eigenvalue weighted by Crippen LogP contribution is 1.96. The first-order valence-corrected chi connectivity index (χ1v) is 5.90. The molecular weight excluding hydrogens is 246 g/mol. The molecule has 0 spiro atoms. The summed E-state index contributed by atoms with van der Waals surface area (Å²) in [6.07, 6.45) is 5.67. The number of carbonyl (C=O) groups excluding carboxylic acids is 1. The Labute approximate surface area is 111 Å². The first-order valence-electron chi connectivity index (χ1n) is 5.90. The van der Waals surface area contributed by atoms with E-state index < -0.39 is 18.0 Å². The molecule has 0 aliphatic carbocycles. The predicted octanol–water partition coefficient (Wildman–Crippen LogP) is 0.953. The largest absolute Gasteiger partial charge is 0.480 e. The Hall–Kier alpha value is -2.37. The van der Waals surface area contributed by atoms with Crippen molar-refractivity contribution in [2.24, 2.45) is 0 Å². The Morgan fingerprint density at radius 3 is 2.89 bits per heavy atom. The van der Waals surface area contributed by atoms with Gasteiger partial charge in [-0.3, -0.25) is 4.98 Å². The second kappa shape index (κ2) is 7.86. The minimum atomic E-state index is -1.08. The molecule has 1 aromatic heterocycles. The van der Waals surface area contributed by atoms with Crippen LogP contribution in [0.3, 0.4) is 0 Å². The number of aromatic nitrogens is 1. The van der Waals surface area contributed by atoms with Crippen LogP contribution in [0.15, 0.2) is 37.2 Å². The molecule has 1 heterocycles. The van der Waals surface area contributed by atoms with Crippen LogP contribution in [0.25, 0.3) is 0 Å². The van der Waals surface area contributed by atoms with Crippen LogP contribution in [0.1, 0.15) is 12.0 Å². The molecule has 19 heavy (non-hydrogen) atoms. The number of hydrogen-bond acceptors (Lipinski definition) is 3. The van der Waals surface area contributed by atoms with Crippen molar-refractivity contribution < 1.29 is 14.7 Å². The lowest BCUT2D eigenvalue weighted by Gasteiger charge is -2.13. The van der Waals surface area contributed by atoms with Gasteiger partial charge in [-0.05, 0) is 24.5 Å². The Balaban J connectivity index is 2.31. The molecule has 0 saturated heterocycles. The number of carboxylic acid groups (broad SMARTS) is 1. The van der Waals surface area contributed by atoms with E-state index in [4.69, 9.17) is 5.11 Å². The predicted molar refractivity (Wildman–Crippen MR) is 70.7 cm³/mol. The quantitative estimate of drug-likeness (QED) is 0.639. The van der Waals surface area contributed by atoms with Crippen LogP contribution >= 0.6 is 0 Å². The van der Waals surface area contributed by atoms with Gasteiger partial charge in [0.25, 0.3) is 0 Å². The first kappa shape index (κ1) is 14.7. The number of aliphatic carboxylic acids is 1. The molecule has 0 fully saturated rings. The Kier molecular flexibility index (Phi) is 6.08. The molecule has 0 aliphatic heterocycles. The summed E-state index contributed by atoms with van der Waals surface area (Å²) in [7, 11) is 0. The molecule has 102 valence electrons. The third kappa shape index (κ3) is 5.67. The molecule has 6 nitrogen and oxygen atoms in total. The third-order valence-corrected chi connectivity index (χ3v) is 2.43. The minimum absolute atomic E-state index is 0.186. The fourth-order valence-electron chi connectivity index (χ4n) is 1.46. The lowest BCUT2D eigenvalue weighted by Crippen LogP contribution is -2.46. The molecule has 1 atom stereocenters. The summed E-state index contributed by atoms with van der Waals surface area (Å²) in [4.78, 5) is 26.3. The zero-order chi connectivity index (χ0) is 14.1. The summed E-state index contributed by atoms with van der Waals surface area (Å²) in [6, 6.07) is 2.28. The van der Waals surface area contributed by atoms with Gasteiger partial charge >= 0.3 is 12.0 Å². The van der Waals surface area contributed by atoms with Crippen LogP contribution in [0.2, 0.25) is 0 Å². The van der Waals surface area contributed by atoms with Crippen molar-refractivity contribution in [3.05, 3.63) is 42.7 Å². The number of pyridine rings is 1. The van der Waals surface area contributed by atoms with E-state index in [-0.39, 0.29) is 6.42 Å². The second-order valence-electron chi connectivity index (χ2n) is 3.93. The van der Waals surface area contributed by atoms with Gasteiger partial charge in [-0.25, -0.2) is 9.59 Å². The van der Waals surface area contributed by atoms with Crippen molar-refractivity contribution in [1.82, 2.24) is 15.6 Å². The maximum absolute atomic E-state index is 11.5. The summed E-state index contributed by atoms with van der Waals surface area (Å²) in [5.74, 6) is -1.08. The van der Waals surface area contributed by atoms with Crippen molar-refractivity contribution in [3.8, 4) is 0 Å². The van der Waals surface area contributed by atoms with E-state index in [1.54, 1.807) is 12.4 Å². The van der Waals surface area contributed by atoms with Gasteiger partial charge in [-0.1, -0.05) is 12.1 Å². The topological polar surface area (TPSA) is 91.3 Å². The molecule has 6 heteroatoms. The maximum Gasteiger partial charge on any atom is 0.326 e. The summed E-state index contributed by atoms with van der Waals surface area (Å²) < 4.78 is 0. The van der Waals surface area contributed by atoms with Gasteiger partial charge in [0.05, 0.1) is 0 Å². The average Bonchev–Trinajstić information content (AvgIpc) is 2.39. The van der Waals surface area contributed by atoms with Gasteiger partial charge in [0.15, 0.2) is 0 Å². The van der Waals surface area contributed by atoms with Gasteiger partial charge in [0.2, 0.25) is 0 Å². The molecule has 0 aromatic carbocycles. The Morgan fingerprint density at radius 2 is 2.32 bits per heavy atom. The number of urea groups is 1. The highest BCUT2D eigenvalue weighted by molar-refractivity contribution is 5.82. The zero-order valence-electron chi connectivity index (χ0n) is 10.5. The van der Waals surface area contributed by atoms with E-state index in [0.29, 0.717) is 13.0 Å². The van der Waals surface area contributed by atoms with E-state index in [2.05, 4.69) is 22.2 Å². The number of rotatable bonds is 7. The summed E-state index contributed by atoms with van der Waals surface area (Å²) in [5, 5.41) is 13.8. The molecule has 0 radical (unpaired) electrons. The second-order valence-corrected chi connectivity index (χ2v) is 3.93. The highest BCUT2D eigenvalue weighted by Gasteiger charge is 2.17. The van der Waals surface area contributed by atoms with E-state index in [9.17, 15) is 9.59 Å². The fraction of sp³-hybridized carbons (Fsp3) is 0.308.